The van der Waals surface area contributed by atoms with Crippen molar-refractivity contribution >= 4 is 11.6 Å². The second-order valence-electron chi connectivity index (χ2n) is 9.10. The molecule has 4 fully saturated rings. The standard InChI is InChI=1S/C24H29ClN2O2/c1-28-22-11-15(2-4-21(22)29-14-16-3-5-23(25)26-13-16)12-27-24-19-7-17-6-18(9-19)10-20(24)8-17/h2-5,11,13,17-20,24,27H,6-10,12,14H2,1H3. The Kier molecular flexibility index (Phi) is 5.40. The monoisotopic (exact) mass is 412 g/mol. The molecule has 1 aromatic heterocycles. The van der Waals surface area contributed by atoms with Crippen LogP contribution in [0.3, 0.4) is 0 Å². The molecule has 0 saturated heterocycles. The van der Waals surface area contributed by atoms with Crippen LogP contribution >= 0.6 is 11.6 Å². The minimum absolute atomic E-state index is 0.436. The van der Waals surface area contributed by atoms with Crippen LogP contribution < -0.4 is 14.8 Å². The van der Waals surface area contributed by atoms with Crippen LogP contribution in [0.2, 0.25) is 5.15 Å². The van der Waals surface area contributed by atoms with E-state index in [1.165, 1.54) is 37.7 Å². The quantitative estimate of drug-likeness (QED) is 0.632. The molecule has 2 aromatic rings. The molecule has 0 aliphatic heterocycles. The Balaban J connectivity index is 1.20. The molecule has 6 rings (SSSR count). The van der Waals surface area contributed by atoms with Gasteiger partial charge in [0.05, 0.1) is 7.11 Å². The molecule has 1 N–H and O–H groups in total. The topological polar surface area (TPSA) is 43.4 Å². The van der Waals surface area contributed by atoms with Gasteiger partial charge in [-0.3, -0.25) is 0 Å². The summed E-state index contributed by atoms with van der Waals surface area (Å²) in [7, 11) is 1.70. The van der Waals surface area contributed by atoms with Gasteiger partial charge in [-0.05, 0) is 79.5 Å². The van der Waals surface area contributed by atoms with Crippen LogP contribution in [0, 0.1) is 23.7 Å². The van der Waals surface area contributed by atoms with Crippen molar-refractivity contribution in [3.63, 3.8) is 0 Å². The number of benzene rings is 1. The average Bonchev–Trinajstić information content (AvgIpc) is 2.72. The number of hydrogen-bond acceptors (Lipinski definition) is 4. The number of rotatable bonds is 7. The first-order valence-electron chi connectivity index (χ1n) is 10.8. The van der Waals surface area contributed by atoms with E-state index in [1.807, 2.05) is 12.1 Å². The first-order valence-corrected chi connectivity index (χ1v) is 11.2. The van der Waals surface area contributed by atoms with E-state index in [2.05, 4.69) is 22.4 Å². The van der Waals surface area contributed by atoms with Gasteiger partial charge in [-0.1, -0.05) is 23.7 Å². The molecular weight excluding hydrogens is 384 g/mol. The number of ether oxygens (including phenoxy) is 2. The van der Waals surface area contributed by atoms with Crippen LogP contribution in [0.15, 0.2) is 36.5 Å². The summed E-state index contributed by atoms with van der Waals surface area (Å²) in [5.41, 5.74) is 2.22. The maximum absolute atomic E-state index is 5.95. The summed E-state index contributed by atoms with van der Waals surface area (Å²) in [5.74, 6) is 5.34. The van der Waals surface area contributed by atoms with Gasteiger partial charge in [0.1, 0.15) is 11.8 Å². The smallest absolute Gasteiger partial charge is 0.161 e. The van der Waals surface area contributed by atoms with Gasteiger partial charge < -0.3 is 14.8 Å². The summed E-state index contributed by atoms with van der Waals surface area (Å²) < 4.78 is 11.5. The first-order chi connectivity index (χ1) is 14.2. The summed E-state index contributed by atoms with van der Waals surface area (Å²) in [6.45, 7) is 1.33. The van der Waals surface area contributed by atoms with E-state index >= 15 is 0 Å². The molecule has 4 aliphatic rings. The number of halogens is 1. The van der Waals surface area contributed by atoms with Gasteiger partial charge in [0.25, 0.3) is 0 Å². The van der Waals surface area contributed by atoms with Crippen molar-refractivity contribution in [2.24, 2.45) is 23.7 Å². The van der Waals surface area contributed by atoms with E-state index in [1.54, 1.807) is 19.4 Å². The van der Waals surface area contributed by atoms with Crippen molar-refractivity contribution in [3.8, 4) is 11.5 Å². The molecule has 4 nitrogen and oxygen atoms in total. The first kappa shape index (κ1) is 19.2. The maximum atomic E-state index is 5.95. The van der Waals surface area contributed by atoms with Gasteiger partial charge in [-0.15, -0.1) is 0 Å². The number of pyridine rings is 1. The van der Waals surface area contributed by atoms with Crippen molar-refractivity contribution in [1.82, 2.24) is 10.3 Å². The average molecular weight is 413 g/mol. The Morgan fingerprint density at radius 3 is 2.34 bits per heavy atom. The maximum Gasteiger partial charge on any atom is 0.161 e. The molecule has 4 saturated carbocycles. The Hall–Kier alpha value is -1.78. The van der Waals surface area contributed by atoms with Gasteiger partial charge >= 0.3 is 0 Å². The summed E-state index contributed by atoms with van der Waals surface area (Å²) >= 11 is 5.84. The van der Waals surface area contributed by atoms with Gasteiger partial charge in [-0.25, -0.2) is 4.98 Å². The van der Waals surface area contributed by atoms with Gasteiger partial charge in [0.2, 0.25) is 0 Å². The Morgan fingerprint density at radius 1 is 0.966 bits per heavy atom. The lowest BCUT2D eigenvalue weighted by Crippen LogP contribution is -2.54. The van der Waals surface area contributed by atoms with Crippen LogP contribution in [-0.4, -0.2) is 18.1 Å². The van der Waals surface area contributed by atoms with Crippen molar-refractivity contribution in [2.45, 2.75) is 51.3 Å². The fourth-order valence-corrected chi connectivity index (χ4v) is 6.20. The zero-order chi connectivity index (χ0) is 19.8. The molecule has 154 valence electrons. The summed E-state index contributed by atoms with van der Waals surface area (Å²) in [6.07, 6.45) is 9.02. The largest absolute Gasteiger partial charge is 0.493 e. The highest BCUT2D eigenvalue weighted by atomic mass is 35.5. The van der Waals surface area contributed by atoms with Crippen LogP contribution in [0.1, 0.15) is 43.2 Å². The molecule has 4 aliphatic carbocycles. The Bertz CT molecular complexity index is 826. The molecule has 4 bridgehead atoms. The second kappa shape index (κ2) is 8.16. The lowest BCUT2D eigenvalue weighted by molar-refractivity contribution is -0.0142. The van der Waals surface area contributed by atoms with Gasteiger partial charge in [-0.2, -0.15) is 0 Å². The predicted molar refractivity (Wildman–Crippen MR) is 114 cm³/mol. The Morgan fingerprint density at radius 2 is 1.69 bits per heavy atom. The zero-order valence-corrected chi connectivity index (χ0v) is 17.7. The fourth-order valence-electron chi connectivity index (χ4n) is 6.09. The normalized spacial score (nSPS) is 29.8. The van der Waals surface area contributed by atoms with Crippen molar-refractivity contribution in [1.29, 1.82) is 0 Å². The Labute approximate surface area is 178 Å². The number of hydrogen-bond donors (Lipinski definition) is 1. The van der Waals surface area contributed by atoms with E-state index in [0.29, 0.717) is 17.8 Å². The lowest BCUT2D eigenvalue weighted by Gasteiger charge is -2.54. The van der Waals surface area contributed by atoms with Crippen molar-refractivity contribution in [3.05, 3.63) is 52.8 Å². The molecule has 5 heteroatoms. The zero-order valence-electron chi connectivity index (χ0n) is 16.9. The number of aromatic nitrogens is 1. The minimum atomic E-state index is 0.436. The predicted octanol–water partition coefficient (Wildman–Crippen LogP) is 5.24. The van der Waals surface area contributed by atoms with Crippen LogP contribution in [0.25, 0.3) is 0 Å². The van der Waals surface area contributed by atoms with Gasteiger partial charge in [0.15, 0.2) is 11.5 Å². The van der Waals surface area contributed by atoms with Gasteiger partial charge in [0, 0.05) is 24.3 Å². The number of nitrogens with zero attached hydrogens (tertiary/aromatic N) is 1. The van der Waals surface area contributed by atoms with E-state index in [4.69, 9.17) is 21.1 Å². The molecular formula is C24H29ClN2O2. The van der Waals surface area contributed by atoms with Crippen molar-refractivity contribution in [2.75, 3.05) is 7.11 Å². The highest BCUT2D eigenvalue weighted by molar-refractivity contribution is 6.29. The SMILES string of the molecule is COc1cc(CNC2C3CC4CC(C3)CC2C4)ccc1OCc1ccc(Cl)nc1. The molecule has 29 heavy (non-hydrogen) atoms. The molecule has 0 amide bonds. The van der Waals surface area contributed by atoms with Crippen LogP contribution in [-0.2, 0) is 13.2 Å². The molecule has 1 heterocycles. The lowest BCUT2D eigenvalue weighted by atomic mass is 9.54. The van der Waals surface area contributed by atoms with E-state index < -0.39 is 0 Å². The van der Waals surface area contributed by atoms with E-state index in [9.17, 15) is 0 Å². The van der Waals surface area contributed by atoms with E-state index in [0.717, 1.165) is 47.3 Å². The van der Waals surface area contributed by atoms with E-state index in [-0.39, 0.29) is 0 Å². The summed E-state index contributed by atoms with van der Waals surface area (Å²) in [6, 6.07) is 10.6. The minimum Gasteiger partial charge on any atom is -0.493 e. The number of methoxy groups -OCH3 is 1. The highest BCUT2D eigenvalue weighted by Gasteiger charge is 2.47. The molecule has 1 aromatic carbocycles. The third-order valence-corrected chi connectivity index (χ3v) is 7.40. The second-order valence-corrected chi connectivity index (χ2v) is 9.49. The highest BCUT2D eigenvalue weighted by Crippen LogP contribution is 2.53. The summed E-state index contributed by atoms with van der Waals surface area (Å²) in [5, 5.41) is 4.39. The molecule has 0 atom stereocenters. The van der Waals surface area contributed by atoms with Crippen LogP contribution in [0.4, 0.5) is 0 Å². The molecule has 0 spiro atoms. The summed E-state index contributed by atoms with van der Waals surface area (Å²) in [4.78, 5) is 4.09. The van der Waals surface area contributed by atoms with Crippen LogP contribution in [0.5, 0.6) is 11.5 Å². The third-order valence-electron chi connectivity index (χ3n) is 7.18. The third kappa shape index (κ3) is 4.10. The fraction of sp³-hybridized carbons (Fsp3) is 0.542. The number of nitrogens with one attached hydrogen (secondary N) is 1. The molecule has 0 unspecified atom stereocenters. The molecule has 0 radical (unpaired) electrons. The van der Waals surface area contributed by atoms with Crippen molar-refractivity contribution < 1.29 is 9.47 Å².